The van der Waals surface area contributed by atoms with Crippen molar-refractivity contribution in [2.75, 3.05) is 6.54 Å². The first-order valence-corrected chi connectivity index (χ1v) is 3.86. The van der Waals surface area contributed by atoms with Crippen LogP contribution in [0.25, 0.3) is 0 Å². The molecule has 2 nitrogen and oxygen atoms in total. The molecular weight excluding hydrogens is 150 g/mol. The Morgan fingerprint density at radius 3 is 2.50 bits per heavy atom. The van der Waals surface area contributed by atoms with Gasteiger partial charge in [-0.15, -0.1) is 0 Å². The number of aliphatic imine (C=N–C) groups is 1. The monoisotopic (exact) mass is 159 g/mol. The Kier molecular flexibility index (Phi) is 1.67. The van der Waals surface area contributed by atoms with Crippen LogP contribution in [-0.4, -0.2) is 17.4 Å². The number of nitrogens with zero attached hydrogens (tertiary/aromatic N) is 1. The number of benzene rings is 1. The molecule has 0 aliphatic carbocycles. The predicted octanol–water partition coefficient (Wildman–Crippen LogP) is 1.93. The molecule has 0 spiro atoms. The normalized spacial score (nSPS) is 15.7. The van der Waals surface area contributed by atoms with Gasteiger partial charge < -0.3 is 5.11 Å². The summed E-state index contributed by atoms with van der Waals surface area (Å²) < 4.78 is 0. The van der Waals surface area contributed by atoms with Gasteiger partial charge in [-0.3, -0.25) is 4.99 Å². The fourth-order valence-electron chi connectivity index (χ4n) is 1.20. The van der Waals surface area contributed by atoms with E-state index in [1.807, 2.05) is 30.3 Å². The average molecular weight is 159 g/mol. The number of aliphatic hydroxyl groups is 1. The summed E-state index contributed by atoms with van der Waals surface area (Å²) in [5, 5.41) is 9.11. The minimum atomic E-state index is 0.342. The van der Waals surface area contributed by atoms with Gasteiger partial charge in [0.2, 0.25) is 0 Å². The standard InChI is InChI=1S/C10H9NO/c12-9-6-10(11-7-9)8-4-2-1-3-5-8/h1-6,12H,7H2. The van der Waals surface area contributed by atoms with E-state index in [4.69, 9.17) is 5.11 Å². The van der Waals surface area contributed by atoms with Crippen LogP contribution in [0.2, 0.25) is 0 Å². The van der Waals surface area contributed by atoms with Crippen molar-refractivity contribution in [3.8, 4) is 0 Å². The third-order valence-corrected chi connectivity index (χ3v) is 1.78. The van der Waals surface area contributed by atoms with Gasteiger partial charge in [-0.1, -0.05) is 30.3 Å². The highest BCUT2D eigenvalue weighted by atomic mass is 16.3. The molecule has 0 aromatic heterocycles. The van der Waals surface area contributed by atoms with E-state index >= 15 is 0 Å². The smallest absolute Gasteiger partial charge is 0.116 e. The van der Waals surface area contributed by atoms with Crippen molar-refractivity contribution in [1.29, 1.82) is 0 Å². The first-order chi connectivity index (χ1) is 5.86. The second-order valence-corrected chi connectivity index (χ2v) is 2.70. The second-order valence-electron chi connectivity index (χ2n) is 2.70. The van der Waals surface area contributed by atoms with Crippen LogP contribution in [0, 0.1) is 0 Å². The molecule has 0 amide bonds. The number of hydrogen-bond acceptors (Lipinski definition) is 2. The van der Waals surface area contributed by atoms with Gasteiger partial charge in [0.1, 0.15) is 5.76 Å². The lowest BCUT2D eigenvalue weighted by Crippen LogP contribution is -1.92. The largest absolute Gasteiger partial charge is 0.510 e. The molecule has 2 heteroatoms. The van der Waals surface area contributed by atoms with Crippen molar-refractivity contribution in [2.24, 2.45) is 4.99 Å². The topological polar surface area (TPSA) is 32.6 Å². The van der Waals surface area contributed by atoms with Crippen LogP contribution >= 0.6 is 0 Å². The van der Waals surface area contributed by atoms with E-state index in [0.29, 0.717) is 12.3 Å². The molecule has 0 bridgehead atoms. The first kappa shape index (κ1) is 7.10. The molecule has 0 unspecified atom stereocenters. The molecular formula is C10H9NO. The molecule has 2 rings (SSSR count). The summed E-state index contributed by atoms with van der Waals surface area (Å²) in [6.45, 7) is 0.421. The highest BCUT2D eigenvalue weighted by molar-refractivity contribution is 6.10. The van der Waals surface area contributed by atoms with E-state index in [1.54, 1.807) is 6.08 Å². The molecule has 1 heterocycles. The molecule has 60 valence electrons. The molecule has 0 atom stereocenters. The van der Waals surface area contributed by atoms with Gasteiger partial charge in [0, 0.05) is 6.08 Å². The second kappa shape index (κ2) is 2.81. The predicted molar refractivity (Wildman–Crippen MR) is 48.6 cm³/mol. The average Bonchev–Trinajstić information content (AvgIpc) is 2.54. The number of rotatable bonds is 1. The van der Waals surface area contributed by atoms with E-state index < -0.39 is 0 Å². The van der Waals surface area contributed by atoms with E-state index in [2.05, 4.69) is 4.99 Å². The molecule has 0 radical (unpaired) electrons. The Labute approximate surface area is 70.9 Å². The van der Waals surface area contributed by atoms with Crippen LogP contribution in [0.15, 0.2) is 47.2 Å². The third kappa shape index (κ3) is 1.23. The molecule has 1 aliphatic heterocycles. The molecule has 1 aliphatic rings. The highest BCUT2D eigenvalue weighted by Gasteiger charge is 2.07. The van der Waals surface area contributed by atoms with Gasteiger partial charge in [-0.05, 0) is 5.56 Å². The van der Waals surface area contributed by atoms with E-state index in [9.17, 15) is 0 Å². The quantitative estimate of drug-likeness (QED) is 0.667. The number of aliphatic hydroxyl groups excluding tert-OH is 1. The molecule has 12 heavy (non-hydrogen) atoms. The molecule has 0 saturated heterocycles. The zero-order valence-electron chi connectivity index (χ0n) is 6.57. The Morgan fingerprint density at radius 1 is 1.17 bits per heavy atom. The van der Waals surface area contributed by atoms with Crippen molar-refractivity contribution < 1.29 is 5.11 Å². The highest BCUT2D eigenvalue weighted by Crippen LogP contribution is 2.09. The third-order valence-electron chi connectivity index (χ3n) is 1.78. The Hall–Kier alpha value is -1.57. The summed E-state index contributed by atoms with van der Waals surface area (Å²) in [6.07, 6.45) is 1.70. The summed E-state index contributed by atoms with van der Waals surface area (Å²) in [4.78, 5) is 4.16. The summed E-state index contributed by atoms with van der Waals surface area (Å²) >= 11 is 0. The minimum Gasteiger partial charge on any atom is -0.510 e. The van der Waals surface area contributed by atoms with Crippen molar-refractivity contribution in [2.45, 2.75) is 0 Å². The molecule has 1 N–H and O–H groups in total. The lowest BCUT2D eigenvalue weighted by molar-refractivity contribution is 0.408. The van der Waals surface area contributed by atoms with Crippen molar-refractivity contribution in [3.05, 3.63) is 47.7 Å². The maximum Gasteiger partial charge on any atom is 0.116 e. The molecule has 1 aromatic rings. The van der Waals surface area contributed by atoms with Crippen LogP contribution in [0.4, 0.5) is 0 Å². The lowest BCUT2D eigenvalue weighted by atomic mass is 10.1. The number of allylic oxidation sites excluding steroid dienone is 1. The van der Waals surface area contributed by atoms with Gasteiger partial charge in [0.05, 0.1) is 12.3 Å². The lowest BCUT2D eigenvalue weighted by Gasteiger charge is -1.94. The van der Waals surface area contributed by atoms with Gasteiger partial charge in [-0.2, -0.15) is 0 Å². The maximum absolute atomic E-state index is 9.11. The summed E-state index contributed by atoms with van der Waals surface area (Å²) in [7, 11) is 0. The van der Waals surface area contributed by atoms with Gasteiger partial charge in [-0.25, -0.2) is 0 Å². The van der Waals surface area contributed by atoms with Crippen LogP contribution in [0.3, 0.4) is 0 Å². The zero-order valence-corrected chi connectivity index (χ0v) is 6.57. The fraction of sp³-hybridized carbons (Fsp3) is 0.100. The first-order valence-electron chi connectivity index (χ1n) is 3.86. The fourth-order valence-corrected chi connectivity index (χ4v) is 1.20. The summed E-state index contributed by atoms with van der Waals surface area (Å²) in [5.74, 6) is 0.342. The van der Waals surface area contributed by atoms with Crippen molar-refractivity contribution in [3.63, 3.8) is 0 Å². The minimum absolute atomic E-state index is 0.342. The summed E-state index contributed by atoms with van der Waals surface area (Å²) in [5.41, 5.74) is 1.93. The number of hydrogen-bond donors (Lipinski definition) is 1. The molecule has 1 aromatic carbocycles. The maximum atomic E-state index is 9.11. The molecule has 0 saturated carbocycles. The van der Waals surface area contributed by atoms with Crippen LogP contribution < -0.4 is 0 Å². The Morgan fingerprint density at radius 2 is 1.92 bits per heavy atom. The van der Waals surface area contributed by atoms with Crippen molar-refractivity contribution >= 4 is 5.71 Å². The Bertz CT molecular complexity index is 338. The van der Waals surface area contributed by atoms with Crippen LogP contribution in [0.5, 0.6) is 0 Å². The van der Waals surface area contributed by atoms with Crippen LogP contribution in [-0.2, 0) is 0 Å². The SMILES string of the molecule is OC1=CC(c2ccccc2)=NC1. The van der Waals surface area contributed by atoms with Gasteiger partial charge >= 0.3 is 0 Å². The Balaban J connectivity index is 2.34. The van der Waals surface area contributed by atoms with Crippen molar-refractivity contribution in [1.82, 2.24) is 0 Å². The van der Waals surface area contributed by atoms with Crippen LogP contribution in [0.1, 0.15) is 5.56 Å². The van der Waals surface area contributed by atoms with E-state index in [0.717, 1.165) is 11.3 Å². The van der Waals surface area contributed by atoms with E-state index in [1.165, 1.54) is 0 Å². The zero-order chi connectivity index (χ0) is 8.39. The van der Waals surface area contributed by atoms with E-state index in [-0.39, 0.29) is 0 Å². The van der Waals surface area contributed by atoms with Gasteiger partial charge in [0.25, 0.3) is 0 Å². The summed E-state index contributed by atoms with van der Waals surface area (Å²) in [6, 6.07) is 9.84. The van der Waals surface area contributed by atoms with Gasteiger partial charge in [0.15, 0.2) is 0 Å². The molecule has 0 fully saturated rings.